The van der Waals surface area contributed by atoms with E-state index >= 15 is 0 Å². The SMILES string of the molecule is O=C(NCc1ccc(COCC(F)(F)F)cc1)N1CCC[C@H]1CO. The molecule has 0 spiro atoms. The van der Waals surface area contributed by atoms with Gasteiger partial charge in [0.1, 0.15) is 6.61 Å². The normalized spacial score (nSPS) is 18.0. The topological polar surface area (TPSA) is 61.8 Å². The van der Waals surface area contributed by atoms with Crippen molar-refractivity contribution in [1.29, 1.82) is 0 Å². The minimum atomic E-state index is -4.33. The summed E-state index contributed by atoms with van der Waals surface area (Å²) in [7, 11) is 0. The van der Waals surface area contributed by atoms with Crippen molar-refractivity contribution in [1.82, 2.24) is 10.2 Å². The second-order valence-electron chi connectivity index (χ2n) is 5.76. The number of ether oxygens (including phenoxy) is 1. The van der Waals surface area contributed by atoms with Gasteiger partial charge in [0.25, 0.3) is 0 Å². The molecule has 0 radical (unpaired) electrons. The summed E-state index contributed by atoms with van der Waals surface area (Å²) in [5.41, 5.74) is 1.47. The maximum atomic E-state index is 12.1. The molecule has 1 heterocycles. The lowest BCUT2D eigenvalue weighted by molar-refractivity contribution is -0.176. The number of carbonyl (C=O) groups excluding carboxylic acids is 1. The molecule has 0 aliphatic carbocycles. The smallest absolute Gasteiger partial charge is 0.394 e. The molecule has 8 heteroatoms. The van der Waals surface area contributed by atoms with Crippen LogP contribution < -0.4 is 5.32 Å². The van der Waals surface area contributed by atoms with E-state index in [0.717, 1.165) is 18.4 Å². The van der Waals surface area contributed by atoms with Crippen LogP contribution in [0.3, 0.4) is 0 Å². The third kappa shape index (κ3) is 5.68. The van der Waals surface area contributed by atoms with Crippen LogP contribution in [-0.4, -0.2) is 48.0 Å². The Labute approximate surface area is 138 Å². The number of nitrogens with zero attached hydrogens (tertiary/aromatic N) is 1. The molecule has 0 saturated carbocycles. The average Bonchev–Trinajstić information content (AvgIpc) is 3.01. The molecule has 1 saturated heterocycles. The van der Waals surface area contributed by atoms with Crippen LogP contribution in [-0.2, 0) is 17.9 Å². The molecule has 24 heavy (non-hydrogen) atoms. The zero-order chi connectivity index (χ0) is 17.6. The number of benzene rings is 1. The monoisotopic (exact) mass is 346 g/mol. The van der Waals surface area contributed by atoms with Gasteiger partial charge >= 0.3 is 12.2 Å². The molecule has 1 aliphatic rings. The first-order chi connectivity index (χ1) is 11.4. The van der Waals surface area contributed by atoms with Gasteiger partial charge in [0.15, 0.2) is 0 Å². The second kappa shape index (κ2) is 8.34. The maximum absolute atomic E-state index is 12.1. The van der Waals surface area contributed by atoms with E-state index < -0.39 is 12.8 Å². The molecule has 0 bridgehead atoms. The van der Waals surface area contributed by atoms with Crippen LogP contribution in [0.4, 0.5) is 18.0 Å². The number of urea groups is 1. The maximum Gasteiger partial charge on any atom is 0.411 e. The van der Waals surface area contributed by atoms with Crippen molar-refractivity contribution < 1.29 is 27.8 Å². The first kappa shape index (κ1) is 18.5. The largest absolute Gasteiger partial charge is 0.411 e. The van der Waals surface area contributed by atoms with Crippen molar-refractivity contribution in [3.05, 3.63) is 35.4 Å². The summed E-state index contributed by atoms with van der Waals surface area (Å²) < 4.78 is 40.6. The first-order valence-corrected chi connectivity index (χ1v) is 7.76. The molecule has 1 aromatic carbocycles. The standard InChI is InChI=1S/C16H21F3N2O3/c17-16(18,19)11-24-10-13-5-3-12(4-6-13)8-20-15(23)21-7-1-2-14(21)9-22/h3-6,14,22H,1-2,7-11H2,(H,20,23)/t14-/m0/s1. The number of halogens is 3. The van der Waals surface area contributed by atoms with Crippen molar-refractivity contribution >= 4 is 6.03 Å². The van der Waals surface area contributed by atoms with Crippen LogP contribution in [0.25, 0.3) is 0 Å². The van der Waals surface area contributed by atoms with E-state index in [1.165, 1.54) is 0 Å². The Bertz CT molecular complexity index is 534. The van der Waals surface area contributed by atoms with Crippen LogP contribution in [0, 0.1) is 0 Å². The van der Waals surface area contributed by atoms with Gasteiger partial charge in [-0.15, -0.1) is 0 Å². The number of alkyl halides is 3. The number of aliphatic hydroxyl groups is 1. The average molecular weight is 346 g/mol. The highest BCUT2D eigenvalue weighted by Gasteiger charge is 2.28. The second-order valence-corrected chi connectivity index (χ2v) is 5.76. The van der Waals surface area contributed by atoms with Crippen molar-refractivity contribution in [3.63, 3.8) is 0 Å². The Hall–Kier alpha value is -1.80. The highest BCUT2D eigenvalue weighted by atomic mass is 19.4. The van der Waals surface area contributed by atoms with Gasteiger partial charge in [0, 0.05) is 13.1 Å². The quantitative estimate of drug-likeness (QED) is 0.832. The van der Waals surface area contributed by atoms with Crippen molar-refractivity contribution in [2.75, 3.05) is 19.8 Å². The van der Waals surface area contributed by atoms with Crippen LogP contribution in [0.5, 0.6) is 0 Å². The van der Waals surface area contributed by atoms with E-state index in [2.05, 4.69) is 10.1 Å². The molecule has 1 fully saturated rings. The lowest BCUT2D eigenvalue weighted by Gasteiger charge is -2.23. The summed E-state index contributed by atoms with van der Waals surface area (Å²) in [6, 6.07) is 6.47. The molecule has 1 aliphatic heterocycles. The molecule has 0 unspecified atom stereocenters. The van der Waals surface area contributed by atoms with Gasteiger partial charge in [-0.05, 0) is 24.0 Å². The highest BCUT2D eigenvalue weighted by molar-refractivity contribution is 5.74. The molecule has 2 amide bonds. The van der Waals surface area contributed by atoms with Gasteiger partial charge in [0.2, 0.25) is 0 Å². The number of amides is 2. The lowest BCUT2D eigenvalue weighted by Crippen LogP contribution is -2.43. The molecule has 0 aromatic heterocycles. The van der Waals surface area contributed by atoms with E-state index in [0.29, 0.717) is 18.7 Å². The van der Waals surface area contributed by atoms with Gasteiger partial charge in [-0.2, -0.15) is 13.2 Å². The number of hydrogen-bond acceptors (Lipinski definition) is 3. The van der Waals surface area contributed by atoms with Crippen LogP contribution in [0.2, 0.25) is 0 Å². The van der Waals surface area contributed by atoms with Crippen molar-refractivity contribution in [2.45, 2.75) is 38.2 Å². The number of rotatable bonds is 6. The van der Waals surface area contributed by atoms with E-state index in [9.17, 15) is 23.1 Å². The molecule has 1 atom stereocenters. The molecule has 134 valence electrons. The third-order valence-electron chi connectivity index (χ3n) is 3.85. The fourth-order valence-corrected chi connectivity index (χ4v) is 2.61. The zero-order valence-corrected chi connectivity index (χ0v) is 13.2. The number of hydrogen-bond donors (Lipinski definition) is 2. The zero-order valence-electron chi connectivity index (χ0n) is 13.2. The Morgan fingerprint density at radius 1 is 1.29 bits per heavy atom. The molecule has 2 N–H and O–H groups in total. The minimum Gasteiger partial charge on any atom is -0.394 e. The van der Waals surface area contributed by atoms with Crippen LogP contribution >= 0.6 is 0 Å². The van der Waals surface area contributed by atoms with Crippen molar-refractivity contribution in [3.8, 4) is 0 Å². The molecular weight excluding hydrogens is 325 g/mol. The molecule has 2 rings (SSSR count). The van der Waals surface area contributed by atoms with Crippen LogP contribution in [0.15, 0.2) is 24.3 Å². The Morgan fingerprint density at radius 3 is 2.58 bits per heavy atom. The fourth-order valence-electron chi connectivity index (χ4n) is 2.61. The number of carbonyl (C=O) groups is 1. The lowest BCUT2D eigenvalue weighted by atomic mass is 10.1. The van der Waals surface area contributed by atoms with Gasteiger partial charge < -0.3 is 20.1 Å². The van der Waals surface area contributed by atoms with E-state index in [-0.39, 0.29) is 25.3 Å². The van der Waals surface area contributed by atoms with Gasteiger partial charge in [0.05, 0.1) is 19.3 Å². The summed E-state index contributed by atoms with van der Waals surface area (Å²) in [5, 5.41) is 12.0. The highest BCUT2D eigenvalue weighted by Crippen LogP contribution is 2.17. The van der Waals surface area contributed by atoms with E-state index in [1.807, 2.05) is 0 Å². The summed E-state index contributed by atoms with van der Waals surface area (Å²) in [6.07, 6.45) is -2.64. The predicted octanol–water partition coefficient (Wildman–Crippen LogP) is 2.43. The van der Waals surface area contributed by atoms with E-state index in [1.54, 1.807) is 29.2 Å². The molecular formula is C16H21F3N2O3. The number of likely N-dealkylation sites (tertiary alicyclic amines) is 1. The van der Waals surface area contributed by atoms with Gasteiger partial charge in [-0.3, -0.25) is 0 Å². The minimum absolute atomic E-state index is 0.0416. The number of nitrogens with one attached hydrogen (secondary N) is 1. The summed E-state index contributed by atoms with van der Waals surface area (Å²) in [6.45, 7) is -0.478. The number of aliphatic hydroxyl groups excluding tert-OH is 1. The molecule has 5 nitrogen and oxygen atoms in total. The van der Waals surface area contributed by atoms with Gasteiger partial charge in [-0.1, -0.05) is 24.3 Å². The van der Waals surface area contributed by atoms with E-state index in [4.69, 9.17) is 0 Å². The first-order valence-electron chi connectivity index (χ1n) is 7.76. The Kier molecular flexibility index (Phi) is 6.44. The Morgan fingerprint density at radius 2 is 1.96 bits per heavy atom. The fraction of sp³-hybridized carbons (Fsp3) is 0.562. The summed E-state index contributed by atoms with van der Waals surface area (Å²) in [4.78, 5) is 13.7. The third-order valence-corrected chi connectivity index (χ3v) is 3.85. The summed E-state index contributed by atoms with van der Waals surface area (Å²) in [5.74, 6) is 0. The van der Waals surface area contributed by atoms with Gasteiger partial charge in [-0.25, -0.2) is 4.79 Å². The Balaban J connectivity index is 1.76. The summed E-state index contributed by atoms with van der Waals surface area (Å²) >= 11 is 0. The molecule has 1 aromatic rings. The van der Waals surface area contributed by atoms with Crippen LogP contribution in [0.1, 0.15) is 24.0 Å². The predicted molar refractivity (Wildman–Crippen MR) is 81.2 cm³/mol. The van der Waals surface area contributed by atoms with Crippen molar-refractivity contribution in [2.24, 2.45) is 0 Å².